The van der Waals surface area contributed by atoms with E-state index in [1.54, 1.807) is 19.9 Å². The van der Waals surface area contributed by atoms with Crippen molar-refractivity contribution in [2.75, 3.05) is 5.32 Å². The van der Waals surface area contributed by atoms with E-state index in [0.717, 1.165) is 10.9 Å². The fraction of sp³-hybridized carbons (Fsp3) is 0.267. The minimum atomic E-state index is -1.06. The van der Waals surface area contributed by atoms with Crippen LogP contribution in [0.5, 0.6) is 0 Å². The normalized spacial score (nSPS) is 12.1. The van der Waals surface area contributed by atoms with Gasteiger partial charge in [-0.25, -0.2) is 9.59 Å². The number of aliphatic carboxylic acids is 1. The summed E-state index contributed by atoms with van der Waals surface area (Å²) in [6.45, 7) is 3.47. The molecule has 2 aromatic rings. The maximum atomic E-state index is 11.9. The fourth-order valence-corrected chi connectivity index (χ4v) is 1.96. The molecule has 0 fully saturated rings. The van der Waals surface area contributed by atoms with Gasteiger partial charge in [-0.2, -0.15) is 0 Å². The van der Waals surface area contributed by atoms with Gasteiger partial charge < -0.3 is 15.7 Å². The van der Waals surface area contributed by atoms with Gasteiger partial charge in [-0.05, 0) is 18.1 Å². The summed E-state index contributed by atoms with van der Waals surface area (Å²) >= 11 is 0. The number of pyridine rings is 1. The fourth-order valence-electron chi connectivity index (χ4n) is 1.96. The predicted octanol–water partition coefficient (Wildman–Crippen LogP) is 2.47. The second-order valence-corrected chi connectivity index (χ2v) is 5.08. The topological polar surface area (TPSA) is 91.3 Å². The molecule has 0 radical (unpaired) electrons. The van der Waals surface area contributed by atoms with Crippen LogP contribution in [0.3, 0.4) is 0 Å². The monoisotopic (exact) mass is 287 g/mol. The maximum Gasteiger partial charge on any atom is 0.326 e. The lowest BCUT2D eigenvalue weighted by Gasteiger charge is -2.18. The van der Waals surface area contributed by atoms with Crippen LogP contribution in [-0.4, -0.2) is 28.1 Å². The highest BCUT2D eigenvalue weighted by Gasteiger charge is 2.23. The van der Waals surface area contributed by atoms with Crippen molar-refractivity contribution in [3.05, 3.63) is 36.5 Å². The molecule has 1 atom stereocenters. The number of anilines is 1. The molecule has 0 unspecified atom stereocenters. The number of para-hydroxylation sites is 1. The second kappa shape index (κ2) is 6.21. The lowest BCUT2D eigenvalue weighted by molar-refractivity contribution is -0.140. The number of fused-ring (bicyclic) bond motifs is 1. The van der Waals surface area contributed by atoms with Crippen molar-refractivity contribution in [3.63, 3.8) is 0 Å². The van der Waals surface area contributed by atoms with Crippen LogP contribution >= 0.6 is 0 Å². The average molecular weight is 287 g/mol. The van der Waals surface area contributed by atoms with Crippen LogP contribution in [0.25, 0.3) is 10.9 Å². The van der Waals surface area contributed by atoms with Crippen LogP contribution < -0.4 is 10.6 Å². The molecule has 2 amide bonds. The Labute approximate surface area is 122 Å². The van der Waals surface area contributed by atoms with Gasteiger partial charge in [0.25, 0.3) is 0 Å². The third-order valence-corrected chi connectivity index (χ3v) is 3.07. The second-order valence-electron chi connectivity index (χ2n) is 5.08. The molecular formula is C15H17N3O3. The van der Waals surface area contributed by atoms with Crippen molar-refractivity contribution in [1.29, 1.82) is 0 Å². The lowest BCUT2D eigenvalue weighted by atomic mass is 10.1. The van der Waals surface area contributed by atoms with Gasteiger partial charge in [0.2, 0.25) is 0 Å². The first-order valence-corrected chi connectivity index (χ1v) is 6.62. The number of carbonyl (C=O) groups is 2. The van der Waals surface area contributed by atoms with E-state index >= 15 is 0 Å². The number of benzene rings is 1. The zero-order chi connectivity index (χ0) is 15.4. The molecule has 21 heavy (non-hydrogen) atoms. The molecule has 110 valence electrons. The summed E-state index contributed by atoms with van der Waals surface area (Å²) in [7, 11) is 0. The Morgan fingerprint density at radius 1 is 1.24 bits per heavy atom. The number of carboxylic acid groups (broad SMARTS) is 1. The zero-order valence-electron chi connectivity index (χ0n) is 11.8. The molecule has 1 aromatic carbocycles. The van der Waals surface area contributed by atoms with Crippen molar-refractivity contribution < 1.29 is 14.7 Å². The molecular weight excluding hydrogens is 270 g/mol. The minimum Gasteiger partial charge on any atom is -0.480 e. The highest BCUT2D eigenvalue weighted by Crippen LogP contribution is 2.16. The van der Waals surface area contributed by atoms with Gasteiger partial charge in [0.1, 0.15) is 6.04 Å². The Hall–Kier alpha value is -2.63. The number of nitrogens with zero attached hydrogens (tertiary/aromatic N) is 1. The maximum absolute atomic E-state index is 11.9. The number of amides is 2. The Balaban J connectivity index is 2.08. The van der Waals surface area contributed by atoms with E-state index in [-0.39, 0.29) is 5.92 Å². The quantitative estimate of drug-likeness (QED) is 0.805. The number of carbonyl (C=O) groups excluding carboxylic acids is 1. The van der Waals surface area contributed by atoms with Crippen LogP contribution in [0.1, 0.15) is 13.8 Å². The Morgan fingerprint density at radius 3 is 2.62 bits per heavy atom. The Kier molecular flexibility index (Phi) is 4.37. The molecule has 0 saturated heterocycles. The molecule has 1 heterocycles. The van der Waals surface area contributed by atoms with Crippen molar-refractivity contribution in [3.8, 4) is 0 Å². The van der Waals surface area contributed by atoms with Crippen LogP contribution in [0.2, 0.25) is 0 Å². The zero-order valence-corrected chi connectivity index (χ0v) is 11.8. The standard InChI is InChI=1S/C15H17N3O3/c1-9(2)13(14(19)20)18-15(21)17-11-7-10-5-3-4-6-12(10)16-8-11/h3-9,13H,1-2H3,(H,19,20)(H2,17,18,21)/t13-/m0/s1. The van der Waals surface area contributed by atoms with Crippen LogP contribution in [0.15, 0.2) is 36.5 Å². The predicted molar refractivity (Wildman–Crippen MR) is 80.2 cm³/mol. The Bertz CT molecular complexity index is 670. The molecule has 1 aromatic heterocycles. The van der Waals surface area contributed by atoms with E-state index in [2.05, 4.69) is 15.6 Å². The first-order chi connectivity index (χ1) is 9.97. The number of hydrogen-bond acceptors (Lipinski definition) is 3. The van der Waals surface area contributed by atoms with Gasteiger partial charge in [-0.1, -0.05) is 32.0 Å². The van der Waals surface area contributed by atoms with Crippen LogP contribution in [-0.2, 0) is 4.79 Å². The average Bonchev–Trinajstić information content (AvgIpc) is 2.44. The number of urea groups is 1. The van der Waals surface area contributed by atoms with Gasteiger partial charge >= 0.3 is 12.0 Å². The smallest absolute Gasteiger partial charge is 0.326 e. The summed E-state index contributed by atoms with van der Waals surface area (Å²) in [4.78, 5) is 27.1. The van der Waals surface area contributed by atoms with E-state index in [1.807, 2.05) is 24.3 Å². The molecule has 0 aliphatic rings. The summed E-state index contributed by atoms with van der Waals surface area (Å²) in [5, 5.41) is 15.0. The SMILES string of the molecule is CC(C)[C@H](NC(=O)Nc1cnc2ccccc2c1)C(=O)O. The number of carboxylic acids is 1. The lowest BCUT2D eigenvalue weighted by Crippen LogP contribution is -2.46. The van der Waals surface area contributed by atoms with E-state index in [1.165, 1.54) is 6.20 Å². The molecule has 2 rings (SSSR count). The molecule has 3 N–H and O–H groups in total. The van der Waals surface area contributed by atoms with Crippen molar-refractivity contribution in [2.45, 2.75) is 19.9 Å². The summed E-state index contributed by atoms with van der Waals surface area (Å²) in [6.07, 6.45) is 1.53. The molecule has 0 aliphatic heterocycles. The molecule has 6 nitrogen and oxygen atoms in total. The largest absolute Gasteiger partial charge is 0.480 e. The van der Waals surface area contributed by atoms with Crippen LogP contribution in [0, 0.1) is 5.92 Å². The third kappa shape index (κ3) is 3.68. The Morgan fingerprint density at radius 2 is 1.95 bits per heavy atom. The van der Waals surface area contributed by atoms with Crippen molar-refractivity contribution in [1.82, 2.24) is 10.3 Å². The molecule has 0 spiro atoms. The number of aromatic nitrogens is 1. The van der Waals surface area contributed by atoms with Gasteiger partial charge in [-0.3, -0.25) is 4.98 Å². The number of rotatable bonds is 4. The van der Waals surface area contributed by atoms with Crippen molar-refractivity contribution in [2.24, 2.45) is 5.92 Å². The molecule has 0 aliphatic carbocycles. The molecule has 0 bridgehead atoms. The first-order valence-electron chi connectivity index (χ1n) is 6.62. The van der Waals surface area contributed by atoms with Gasteiger partial charge in [-0.15, -0.1) is 0 Å². The highest BCUT2D eigenvalue weighted by atomic mass is 16.4. The van der Waals surface area contributed by atoms with Gasteiger partial charge in [0, 0.05) is 5.39 Å². The first kappa shape index (κ1) is 14.8. The number of hydrogen-bond donors (Lipinski definition) is 3. The minimum absolute atomic E-state index is 0.206. The van der Waals surface area contributed by atoms with Gasteiger partial charge in [0.15, 0.2) is 0 Å². The number of nitrogens with one attached hydrogen (secondary N) is 2. The van der Waals surface area contributed by atoms with E-state index < -0.39 is 18.0 Å². The third-order valence-electron chi connectivity index (χ3n) is 3.07. The van der Waals surface area contributed by atoms with E-state index in [0.29, 0.717) is 5.69 Å². The summed E-state index contributed by atoms with van der Waals surface area (Å²) in [6, 6.07) is 7.82. The van der Waals surface area contributed by atoms with Crippen molar-refractivity contribution >= 4 is 28.6 Å². The molecule has 0 saturated carbocycles. The van der Waals surface area contributed by atoms with Gasteiger partial charge in [0.05, 0.1) is 17.4 Å². The highest BCUT2D eigenvalue weighted by molar-refractivity contribution is 5.94. The summed E-state index contributed by atoms with van der Waals surface area (Å²) in [5.41, 5.74) is 1.34. The van der Waals surface area contributed by atoms with Crippen LogP contribution in [0.4, 0.5) is 10.5 Å². The molecule has 6 heteroatoms. The summed E-state index contributed by atoms with van der Waals surface area (Å²) < 4.78 is 0. The van der Waals surface area contributed by atoms with E-state index in [9.17, 15) is 9.59 Å². The van der Waals surface area contributed by atoms with E-state index in [4.69, 9.17) is 5.11 Å². The summed E-state index contributed by atoms with van der Waals surface area (Å²) in [5.74, 6) is -1.26.